The predicted octanol–water partition coefficient (Wildman–Crippen LogP) is 1.10. The minimum atomic E-state index is -0.215. The van der Waals surface area contributed by atoms with Crippen molar-refractivity contribution in [3.63, 3.8) is 0 Å². The summed E-state index contributed by atoms with van der Waals surface area (Å²) in [5, 5.41) is 11.9. The molecule has 0 aliphatic rings. The molecule has 0 rings (SSSR count). The first-order chi connectivity index (χ1) is 4.77. The van der Waals surface area contributed by atoms with E-state index in [1.807, 2.05) is 6.08 Å². The van der Waals surface area contributed by atoms with Gasteiger partial charge >= 0.3 is 0 Å². The molecule has 2 N–H and O–H groups in total. The molecule has 0 saturated carbocycles. The molecule has 0 heterocycles. The first-order valence-electron chi connectivity index (χ1n) is 3.41. The number of aliphatic hydroxyl groups excluding tert-OH is 1. The monoisotopic (exact) mass is 163 g/mol. The highest BCUT2D eigenvalue weighted by molar-refractivity contribution is 6.25. The molecule has 0 radical (unpaired) electrons. The Kier molecular flexibility index (Phi) is 7.03. The molecule has 0 aliphatic carbocycles. The second-order valence-corrected chi connectivity index (χ2v) is 2.46. The van der Waals surface area contributed by atoms with E-state index in [1.54, 1.807) is 6.92 Å². The van der Waals surface area contributed by atoms with Crippen molar-refractivity contribution in [1.82, 2.24) is 5.32 Å². The summed E-state index contributed by atoms with van der Waals surface area (Å²) in [5.41, 5.74) is 1.48. The molecule has 3 heteroatoms. The van der Waals surface area contributed by atoms with Gasteiger partial charge in [0.1, 0.15) is 0 Å². The molecule has 1 atom stereocenters. The summed E-state index contributed by atoms with van der Waals surface area (Å²) in [4.78, 5) is 0. The van der Waals surface area contributed by atoms with E-state index in [2.05, 4.69) is 5.32 Å². The fraction of sp³-hybridized carbons (Fsp3) is 0.714. The molecule has 0 spiro atoms. The number of halogens is 1. The Balaban J connectivity index is 2.91. The number of hydrogen-bond donors (Lipinski definition) is 2. The highest BCUT2D eigenvalue weighted by atomic mass is 35.5. The van der Waals surface area contributed by atoms with Crippen molar-refractivity contribution in [2.24, 2.45) is 0 Å². The number of aliphatic hydroxyl groups is 1. The normalized spacial score (nSPS) is 14.3. The molecule has 0 aromatic heterocycles. The molecule has 0 amide bonds. The van der Waals surface area contributed by atoms with Gasteiger partial charge in [0.15, 0.2) is 0 Å². The third kappa shape index (κ3) is 7.95. The van der Waals surface area contributed by atoms with E-state index in [9.17, 15) is 0 Å². The van der Waals surface area contributed by atoms with Crippen molar-refractivity contribution >= 4 is 11.6 Å². The van der Waals surface area contributed by atoms with Crippen LogP contribution in [0, 0.1) is 0 Å². The van der Waals surface area contributed by atoms with Gasteiger partial charge in [0.25, 0.3) is 0 Å². The van der Waals surface area contributed by atoms with E-state index in [1.165, 1.54) is 5.54 Å². The molecular formula is C7H14ClNO. The molecule has 0 aromatic rings. The summed E-state index contributed by atoms with van der Waals surface area (Å²) in [6, 6.07) is 0. The first kappa shape index (κ1) is 9.95. The summed E-state index contributed by atoms with van der Waals surface area (Å²) in [6.45, 7) is 3.38. The molecule has 0 aliphatic heterocycles. The Morgan fingerprint density at radius 3 is 2.90 bits per heavy atom. The first-order valence-corrected chi connectivity index (χ1v) is 3.85. The number of rotatable bonds is 5. The van der Waals surface area contributed by atoms with Gasteiger partial charge in [0, 0.05) is 12.1 Å². The second-order valence-electron chi connectivity index (χ2n) is 2.20. The van der Waals surface area contributed by atoms with Crippen LogP contribution in [0.25, 0.3) is 0 Å². The van der Waals surface area contributed by atoms with Crippen molar-refractivity contribution < 1.29 is 5.11 Å². The predicted molar refractivity (Wildman–Crippen MR) is 44.2 cm³/mol. The van der Waals surface area contributed by atoms with E-state index < -0.39 is 0 Å². The second kappa shape index (κ2) is 7.06. The maximum absolute atomic E-state index is 8.82. The molecule has 1 unspecified atom stereocenters. The van der Waals surface area contributed by atoms with Gasteiger partial charge < -0.3 is 10.4 Å². The van der Waals surface area contributed by atoms with Crippen LogP contribution >= 0.6 is 11.6 Å². The van der Waals surface area contributed by atoms with Crippen LogP contribution in [-0.2, 0) is 0 Å². The van der Waals surface area contributed by atoms with Gasteiger partial charge in [-0.1, -0.05) is 17.7 Å². The molecule has 2 nitrogen and oxygen atoms in total. The minimum Gasteiger partial charge on any atom is -0.393 e. The smallest absolute Gasteiger partial charge is 0.0524 e. The van der Waals surface area contributed by atoms with E-state index in [-0.39, 0.29) is 6.10 Å². The van der Waals surface area contributed by atoms with Gasteiger partial charge in [-0.05, 0) is 19.9 Å². The van der Waals surface area contributed by atoms with Crippen LogP contribution in [-0.4, -0.2) is 24.3 Å². The lowest BCUT2D eigenvalue weighted by Crippen LogP contribution is -2.18. The van der Waals surface area contributed by atoms with Crippen LogP contribution in [0.15, 0.2) is 11.6 Å². The minimum absolute atomic E-state index is 0.215. The maximum atomic E-state index is 8.82. The lowest BCUT2D eigenvalue weighted by Gasteiger charge is -2.02. The van der Waals surface area contributed by atoms with E-state index >= 15 is 0 Å². The molecule has 0 aromatic carbocycles. The average molecular weight is 164 g/mol. The summed E-state index contributed by atoms with van der Waals surface area (Å²) < 4.78 is 0. The van der Waals surface area contributed by atoms with E-state index in [4.69, 9.17) is 16.7 Å². The molecule has 10 heavy (non-hydrogen) atoms. The van der Waals surface area contributed by atoms with Gasteiger partial charge in [0.05, 0.1) is 6.10 Å². The topological polar surface area (TPSA) is 32.3 Å². The van der Waals surface area contributed by atoms with Crippen LogP contribution in [0.2, 0.25) is 0 Å². The fourth-order valence-corrected chi connectivity index (χ4v) is 0.630. The van der Waals surface area contributed by atoms with Crippen molar-refractivity contribution in [1.29, 1.82) is 0 Å². The van der Waals surface area contributed by atoms with Gasteiger partial charge in [0.2, 0.25) is 0 Å². The van der Waals surface area contributed by atoms with Crippen molar-refractivity contribution in [3.8, 4) is 0 Å². The maximum Gasteiger partial charge on any atom is 0.0524 e. The van der Waals surface area contributed by atoms with Crippen LogP contribution in [0.5, 0.6) is 0 Å². The Bertz CT molecular complexity index is 93.6. The molecule has 0 saturated heterocycles. The third-order valence-corrected chi connectivity index (χ3v) is 1.27. The Morgan fingerprint density at radius 2 is 2.40 bits per heavy atom. The average Bonchev–Trinajstić information content (AvgIpc) is 1.87. The summed E-state index contributed by atoms with van der Waals surface area (Å²) in [7, 11) is 0. The summed E-state index contributed by atoms with van der Waals surface area (Å²) in [6.07, 6.45) is 2.40. The Labute approximate surface area is 66.9 Å². The summed E-state index contributed by atoms with van der Waals surface area (Å²) >= 11 is 5.27. The number of hydrogen-bond acceptors (Lipinski definition) is 2. The van der Waals surface area contributed by atoms with Crippen LogP contribution in [0.3, 0.4) is 0 Å². The zero-order valence-electron chi connectivity index (χ0n) is 6.18. The summed E-state index contributed by atoms with van der Waals surface area (Å²) in [5.74, 6) is 0. The van der Waals surface area contributed by atoms with E-state index in [0.717, 1.165) is 19.5 Å². The number of nitrogens with one attached hydrogen (secondary N) is 1. The zero-order chi connectivity index (χ0) is 7.82. The third-order valence-electron chi connectivity index (χ3n) is 1.09. The van der Waals surface area contributed by atoms with Crippen LogP contribution < -0.4 is 5.32 Å². The molecular weight excluding hydrogens is 150 g/mol. The van der Waals surface area contributed by atoms with Crippen molar-refractivity contribution in [2.45, 2.75) is 19.4 Å². The SMILES string of the molecule is CC(O)CCNC/C=C/Cl. The van der Waals surface area contributed by atoms with Gasteiger partial charge in [-0.15, -0.1) is 0 Å². The van der Waals surface area contributed by atoms with Crippen LogP contribution in [0.1, 0.15) is 13.3 Å². The van der Waals surface area contributed by atoms with Crippen LogP contribution in [0.4, 0.5) is 0 Å². The van der Waals surface area contributed by atoms with Crippen molar-refractivity contribution in [3.05, 3.63) is 11.6 Å². The standard InChI is InChI=1S/C7H14ClNO/c1-7(10)3-6-9-5-2-4-8/h2,4,7,9-10H,3,5-6H2,1H3/b4-2+. The van der Waals surface area contributed by atoms with Gasteiger partial charge in [-0.25, -0.2) is 0 Å². The van der Waals surface area contributed by atoms with Gasteiger partial charge in [-0.3, -0.25) is 0 Å². The lowest BCUT2D eigenvalue weighted by atomic mass is 10.3. The quantitative estimate of drug-likeness (QED) is 0.595. The van der Waals surface area contributed by atoms with Crippen molar-refractivity contribution in [2.75, 3.05) is 13.1 Å². The Hall–Kier alpha value is -0.0500. The molecule has 60 valence electrons. The highest BCUT2D eigenvalue weighted by Crippen LogP contribution is 1.85. The molecule has 0 fully saturated rings. The Morgan fingerprint density at radius 1 is 1.70 bits per heavy atom. The molecule has 0 bridgehead atoms. The fourth-order valence-electron chi connectivity index (χ4n) is 0.541. The van der Waals surface area contributed by atoms with Gasteiger partial charge in [-0.2, -0.15) is 0 Å². The zero-order valence-corrected chi connectivity index (χ0v) is 6.93. The highest BCUT2D eigenvalue weighted by Gasteiger charge is 1.91. The largest absolute Gasteiger partial charge is 0.393 e. The lowest BCUT2D eigenvalue weighted by molar-refractivity contribution is 0.184. The van der Waals surface area contributed by atoms with E-state index in [0.29, 0.717) is 0 Å².